The van der Waals surface area contributed by atoms with E-state index in [2.05, 4.69) is 31.0 Å². The second kappa shape index (κ2) is 13.9. The molecule has 2 amide bonds. The van der Waals surface area contributed by atoms with Crippen molar-refractivity contribution >= 4 is 23.2 Å². The SMILES string of the molecule is O=C(CCCCC(=O)N/N=C(\c1ccccc1)c1ccccn1)N/N=C(\c1ccccc1)c1ccccn1. The number of carbonyl (C=O) groups is 2. The van der Waals surface area contributed by atoms with E-state index in [0.29, 0.717) is 35.7 Å². The molecule has 2 N–H and O–H groups in total. The van der Waals surface area contributed by atoms with Crippen molar-refractivity contribution in [3.63, 3.8) is 0 Å². The van der Waals surface area contributed by atoms with Gasteiger partial charge in [-0.1, -0.05) is 72.8 Å². The Bertz CT molecular complexity index is 1180. The fraction of sp³-hybridized carbons (Fsp3) is 0.133. The summed E-state index contributed by atoms with van der Waals surface area (Å²) in [7, 11) is 0. The normalized spacial score (nSPS) is 11.6. The second-order valence-corrected chi connectivity index (χ2v) is 8.36. The molecule has 0 saturated heterocycles. The molecule has 0 spiro atoms. The zero-order valence-corrected chi connectivity index (χ0v) is 20.8. The van der Waals surface area contributed by atoms with Gasteiger partial charge in [-0.25, -0.2) is 10.9 Å². The topological polar surface area (TPSA) is 109 Å². The highest BCUT2D eigenvalue weighted by molar-refractivity contribution is 6.12. The molecule has 4 rings (SSSR count). The first-order chi connectivity index (χ1) is 18.7. The quantitative estimate of drug-likeness (QED) is 0.178. The van der Waals surface area contributed by atoms with Crippen molar-refractivity contribution in [3.8, 4) is 0 Å². The average Bonchev–Trinajstić information content (AvgIpc) is 2.98. The van der Waals surface area contributed by atoms with Gasteiger partial charge in [-0.15, -0.1) is 0 Å². The predicted molar refractivity (Wildman–Crippen MR) is 147 cm³/mol. The summed E-state index contributed by atoms with van der Waals surface area (Å²) in [6.07, 6.45) is 4.93. The molecule has 0 radical (unpaired) electrons. The van der Waals surface area contributed by atoms with Crippen molar-refractivity contribution in [1.82, 2.24) is 20.8 Å². The van der Waals surface area contributed by atoms with E-state index in [1.54, 1.807) is 12.4 Å². The third-order valence-electron chi connectivity index (χ3n) is 5.55. The van der Waals surface area contributed by atoms with Gasteiger partial charge in [0.15, 0.2) is 0 Å². The van der Waals surface area contributed by atoms with Crippen molar-refractivity contribution in [2.75, 3.05) is 0 Å². The summed E-state index contributed by atoms with van der Waals surface area (Å²) in [5, 5.41) is 8.67. The number of carbonyl (C=O) groups excluding carboxylic acids is 2. The Morgan fingerprint density at radius 2 is 0.947 bits per heavy atom. The van der Waals surface area contributed by atoms with Gasteiger partial charge in [-0.2, -0.15) is 10.2 Å². The molecule has 0 aliphatic carbocycles. The Kier molecular flexibility index (Phi) is 9.57. The van der Waals surface area contributed by atoms with E-state index in [4.69, 9.17) is 0 Å². The van der Waals surface area contributed by atoms with Gasteiger partial charge < -0.3 is 0 Å². The third-order valence-corrected chi connectivity index (χ3v) is 5.55. The predicted octanol–water partition coefficient (Wildman–Crippen LogP) is 4.47. The summed E-state index contributed by atoms with van der Waals surface area (Å²) in [6.45, 7) is 0. The van der Waals surface area contributed by atoms with Gasteiger partial charge in [-0.3, -0.25) is 19.6 Å². The van der Waals surface area contributed by atoms with Crippen LogP contribution in [0.3, 0.4) is 0 Å². The lowest BCUT2D eigenvalue weighted by molar-refractivity contribution is -0.123. The number of aromatic nitrogens is 2. The zero-order chi connectivity index (χ0) is 26.4. The van der Waals surface area contributed by atoms with Gasteiger partial charge >= 0.3 is 0 Å². The monoisotopic (exact) mass is 504 g/mol. The van der Waals surface area contributed by atoms with E-state index in [9.17, 15) is 9.59 Å². The fourth-order valence-electron chi connectivity index (χ4n) is 3.66. The van der Waals surface area contributed by atoms with Crippen LogP contribution in [0, 0.1) is 0 Å². The molecular formula is C30H28N6O2. The van der Waals surface area contributed by atoms with Crippen molar-refractivity contribution < 1.29 is 9.59 Å². The van der Waals surface area contributed by atoms with Crippen LogP contribution >= 0.6 is 0 Å². The smallest absolute Gasteiger partial charge is 0.240 e. The van der Waals surface area contributed by atoms with Crippen molar-refractivity contribution in [2.45, 2.75) is 25.7 Å². The molecule has 0 fully saturated rings. The van der Waals surface area contributed by atoms with E-state index in [1.165, 1.54) is 0 Å². The van der Waals surface area contributed by atoms with Gasteiger partial charge in [-0.05, 0) is 37.1 Å². The molecule has 0 unspecified atom stereocenters. The maximum atomic E-state index is 12.4. The summed E-state index contributed by atoms with van der Waals surface area (Å²) in [5.74, 6) is -0.455. The van der Waals surface area contributed by atoms with E-state index < -0.39 is 0 Å². The van der Waals surface area contributed by atoms with Gasteiger partial charge in [0.2, 0.25) is 11.8 Å². The molecule has 0 bridgehead atoms. The van der Waals surface area contributed by atoms with Crippen LogP contribution in [0.15, 0.2) is 120 Å². The second-order valence-electron chi connectivity index (χ2n) is 8.36. The molecule has 0 atom stereocenters. The molecule has 2 aromatic heterocycles. The van der Waals surface area contributed by atoms with E-state index >= 15 is 0 Å². The Morgan fingerprint density at radius 1 is 0.553 bits per heavy atom. The summed E-state index contributed by atoms with van der Waals surface area (Å²) >= 11 is 0. The summed E-state index contributed by atoms with van der Waals surface area (Å²) in [4.78, 5) is 33.5. The number of amides is 2. The van der Waals surface area contributed by atoms with Crippen LogP contribution in [0.4, 0.5) is 0 Å². The van der Waals surface area contributed by atoms with Crippen LogP contribution < -0.4 is 10.9 Å². The molecule has 8 heteroatoms. The largest absolute Gasteiger partial charge is 0.273 e. The Hall–Kier alpha value is -4.98. The van der Waals surface area contributed by atoms with Crippen molar-refractivity contribution in [3.05, 3.63) is 132 Å². The maximum Gasteiger partial charge on any atom is 0.240 e. The Morgan fingerprint density at radius 3 is 1.32 bits per heavy atom. The molecule has 2 heterocycles. The zero-order valence-electron chi connectivity index (χ0n) is 20.8. The van der Waals surface area contributed by atoms with E-state index in [0.717, 1.165) is 11.1 Å². The van der Waals surface area contributed by atoms with Gasteiger partial charge in [0.1, 0.15) is 11.4 Å². The van der Waals surface area contributed by atoms with Crippen LogP contribution in [0.25, 0.3) is 0 Å². The highest BCUT2D eigenvalue weighted by Gasteiger charge is 2.11. The number of hydrogen-bond donors (Lipinski definition) is 2. The molecule has 38 heavy (non-hydrogen) atoms. The first kappa shape index (κ1) is 26.1. The highest BCUT2D eigenvalue weighted by Crippen LogP contribution is 2.10. The number of hydrazone groups is 2. The van der Waals surface area contributed by atoms with E-state index in [1.807, 2.05) is 97.1 Å². The van der Waals surface area contributed by atoms with Gasteiger partial charge in [0.25, 0.3) is 0 Å². The minimum atomic E-state index is -0.227. The fourth-order valence-corrected chi connectivity index (χ4v) is 3.66. The molecule has 4 aromatic rings. The maximum absolute atomic E-state index is 12.4. The van der Waals surface area contributed by atoms with Crippen molar-refractivity contribution in [2.24, 2.45) is 10.2 Å². The lowest BCUT2D eigenvalue weighted by Gasteiger charge is -2.08. The number of unbranched alkanes of at least 4 members (excludes halogenated alkanes) is 1. The minimum Gasteiger partial charge on any atom is -0.273 e. The Balaban J connectivity index is 1.28. The number of hydrogen-bond acceptors (Lipinski definition) is 6. The van der Waals surface area contributed by atoms with Crippen LogP contribution in [-0.4, -0.2) is 33.2 Å². The molecular weight excluding hydrogens is 476 g/mol. The summed E-state index contributed by atoms with van der Waals surface area (Å²) in [6, 6.07) is 30.2. The highest BCUT2D eigenvalue weighted by atomic mass is 16.2. The number of nitrogens with zero attached hydrogens (tertiary/aromatic N) is 4. The minimum absolute atomic E-state index is 0.227. The van der Waals surface area contributed by atoms with Gasteiger partial charge in [0, 0.05) is 36.4 Å². The van der Waals surface area contributed by atoms with Crippen LogP contribution in [0.2, 0.25) is 0 Å². The number of nitrogens with one attached hydrogen (secondary N) is 2. The standard InChI is InChI=1S/C30H28N6O2/c37-27(33-35-29(23-13-3-1-4-14-23)25-17-9-11-21-31-25)19-7-8-20-28(38)34-36-30(24-15-5-2-6-16-24)26-18-10-12-22-32-26/h1-6,9-18,21-22H,7-8,19-20H2,(H,33,37)(H,34,38)/b35-29+,36-30+. The molecule has 2 aromatic carbocycles. The first-order valence-corrected chi connectivity index (χ1v) is 12.4. The molecule has 0 aliphatic rings. The number of rotatable bonds is 11. The third kappa shape index (κ3) is 7.76. The van der Waals surface area contributed by atoms with Crippen molar-refractivity contribution in [1.29, 1.82) is 0 Å². The summed E-state index contributed by atoms with van der Waals surface area (Å²) < 4.78 is 0. The number of benzene rings is 2. The molecule has 190 valence electrons. The van der Waals surface area contributed by atoms with Crippen LogP contribution in [0.5, 0.6) is 0 Å². The van der Waals surface area contributed by atoms with Crippen LogP contribution in [0.1, 0.15) is 48.2 Å². The Labute approximate surface area is 221 Å². The summed E-state index contributed by atoms with van der Waals surface area (Å²) in [5.41, 5.74) is 9.44. The molecule has 8 nitrogen and oxygen atoms in total. The van der Waals surface area contributed by atoms with Gasteiger partial charge in [0.05, 0.1) is 11.4 Å². The first-order valence-electron chi connectivity index (χ1n) is 12.4. The average molecular weight is 505 g/mol. The lowest BCUT2D eigenvalue weighted by Crippen LogP contribution is -2.22. The van der Waals surface area contributed by atoms with E-state index in [-0.39, 0.29) is 24.7 Å². The molecule has 0 aliphatic heterocycles. The van der Waals surface area contributed by atoms with Crippen LogP contribution in [-0.2, 0) is 9.59 Å². The molecule has 0 saturated carbocycles. The number of pyridine rings is 2. The lowest BCUT2D eigenvalue weighted by atomic mass is 10.1.